The molecule has 3 rings (SSSR count). The highest BCUT2D eigenvalue weighted by Gasteiger charge is 2.25. The molecular formula is C22H27FN4O3S. The third-order valence-electron chi connectivity index (χ3n) is 5.45. The van der Waals surface area contributed by atoms with E-state index in [4.69, 9.17) is 5.73 Å². The van der Waals surface area contributed by atoms with Crippen LogP contribution >= 0.6 is 11.3 Å². The van der Waals surface area contributed by atoms with Crippen molar-refractivity contribution < 1.29 is 18.8 Å². The molecule has 0 spiro atoms. The van der Waals surface area contributed by atoms with E-state index >= 15 is 0 Å². The van der Waals surface area contributed by atoms with Crippen molar-refractivity contribution >= 4 is 34.1 Å². The van der Waals surface area contributed by atoms with Crippen LogP contribution < -0.4 is 16.4 Å². The molecule has 1 aromatic heterocycles. The number of likely N-dealkylation sites (tertiary alicyclic amines) is 1. The molecule has 0 radical (unpaired) electrons. The summed E-state index contributed by atoms with van der Waals surface area (Å²) in [6, 6.07) is 8.17. The van der Waals surface area contributed by atoms with E-state index in [-0.39, 0.29) is 23.5 Å². The van der Waals surface area contributed by atoms with Crippen LogP contribution in [0, 0.1) is 11.7 Å². The molecule has 1 aromatic carbocycles. The smallest absolute Gasteiger partial charge is 0.251 e. The van der Waals surface area contributed by atoms with Gasteiger partial charge in [0.05, 0.1) is 5.56 Å². The summed E-state index contributed by atoms with van der Waals surface area (Å²) in [6.45, 7) is 2.48. The molecule has 7 nitrogen and oxygen atoms in total. The number of nitrogens with one attached hydrogen (secondary N) is 2. The van der Waals surface area contributed by atoms with E-state index in [0.29, 0.717) is 42.1 Å². The summed E-state index contributed by atoms with van der Waals surface area (Å²) in [5.74, 6) is -1.04. The Morgan fingerprint density at radius 1 is 1.16 bits per heavy atom. The summed E-state index contributed by atoms with van der Waals surface area (Å²) in [5.41, 5.74) is 6.21. The molecule has 1 aliphatic heterocycles. The predicted molar refractivity (Wildman–Crippen MR) is 118 cm³/mol. The number of carbonyl (C=O) groups excluding carboxylic acids is 3. The minimum Gasteiger partial charge on any atom is -0.366 e. The Bertz CT molecular complexity index is 925. The van der Waals surface area contributed by atoms with Gasteiger partial charge >= 0.3 is 0 Å². The van der Waals surface area contributed by atoms with E-state index in [1.807, 2.05) is 0 Å². The maximum atomic E-state index is 13.6. The predicted octanol–water partition coefficient (Wildman–Crippen LogP) is 2.39. The number of anilines is 1. The number of halogens is 1. The molecule has 1 aliphatic rings. The van der Waals surface area contributed by atoms with E-state index in [1.54, 1.807) is 29.6 Å². The molecule has 1 fully saturated rings. The highest BCUT2D eigenvalue weighted by molar-refractivity contribution is 7.14. The quantitative estimate of drug-likeness (QED) is 0.550. The number of nitrogens with two attached hydrogens (primary N) is 1. The number of piperidine rings is 1. The van der Waals surface area contributed by atoms with Crippen molar-refractivity contribution in [1.82, 2.24) is 10.2 Å². The lowest BCUT2D eigenvalue weighted by Crippen LogP contribution is -2.41. The van der Waals surface area contributed by atoms with Crippen LogP contribution in [0.1, 0.15) is 35.2 Å². The van der Waals surface area contributed by atoms with Crippen LogP contribution in [-0.4, -0.2) is 48.8 Å². The second-order valence-electron chi connectivity index (χ2n) is 7.57. The SMILES string of the molecule is NC(=O)c1ccsc1NC(=O)CCN1CCC(C(=O)NCCc2ccccc2F)CC1. The fraction of sp³-hybridized carbons (Fsp3) is 0.409. The van der Waals surface area contributed by atoms with Crippen molar-refractivity contribution in [2.75, 3.05) is 31.5 Å². The number of thiophene rings is 1. The molecule has 0 aliphatic carbocycles. The second-order valence-corrected chi connectivity index (χ2v) is 8.49. The van der Waals surface area contributed by atoms with Gasteiger partial charge in [-0.25, -0.2) is 4.39 Å². The van der Waals surface area contributed by atoms with Gasteiger partial charge in [0.15, 0.2) is 0 Å². The fourth-order valence-corrected chi connectivity index (χ4v) is 4.44. The maximum Gasteiger partial charge on any atom is 0.251 e. The fourth-order valence-electron chi connectivity index (χ4n) is 3.63. The first-order chi connectivity index (χ1) is 14.9. The van der Waals surface area contributed by atoms with Crippen molar-refractivity contribution in [3.63, 3.8) is 0 Å². The van der Waals surface area contributed by atoms with Crippen LogP contribution in [0.25, 0.3) is 0 Å². The number of benzene rings is 1. The minimum atomic E-state index is -0.564. The number of rotatable bonds is 9. The molecule has 166 valence electrons. The van der Waals surface area contributed by atoms with Crippen molar-refractivity contribution in [2.24, 2.45) is 11.7 Å². The van der Waals surface area contributed by atoms with Gasteiger partial charge in [-0.1, -0.05) is 18.2 Å². The van der Waals surface area contributed by atoms with Crippen LogP contribution in [-0.2, 0) is 16.0 Å². The number of amides is 3. The molecule has 3 amide bonds. The highest BCUT2D eigenvalue weighted by atomic mass is 32.1. The Hall–Kier alpha value is -2.78. The van der Waals surface area contributed by atoms with Crippen molar-refractivity contribution in [1.29, 1.82) is 0 Å². The number of primary amides is 1. The highest BCUT2D eigenvalue weighted by Crippen LogP contribution is 2.23. The minimum absolute atomic E-state index is 0.00501. The Balaban J connectivity index is 1.34. The Labute approximate surface area is 184 Å². The first-order valence-corrected chi connectivity index (χ1v) is 11.2. The molecule has 2 heterocycles. The van der Waals surface area contributed by atoms with E-state index < -0.39 is 5.91 Å². The third kappa shape index (κ3) is 6.60. The molecule has 0 atom stereocenters. The normalized spacial score (nSPS) is 14.9. The lowest BCUT2D eigenvalue weighted by Gasteiger charge is -2.31. The number of hydrogen-bond donors (Lipinski definition) is 3. The van der Waals surface area contributed by atoms with E-state index in [1.165, 1.54) is 17.4 Å². The number of nitrogens with zero attached hydrogens (tertiary/aromatic N) is 1. The lowest BCUT2D eigenvalue weighted by atomic mass is 9.95. The van der Waals surface area contributed by atoms with Gasteiger partial charge in [-0.15, -0.1) is 11.3 Å². The van der Waals surface area contributed by atoms with Gasteiger partial charge in [0, 0.05) is 25.4 Å². The first kappa shape index (κ1) is 22.9. The molecule has 4 N–H and O–H groups in total. The molecule has 0 bridgehead atoms. The molecule has 0 unspecified atom stereocenters. The number of hydrogen-bond acceptors (Lipinski definition) is 5. The van der Waals surface area contributed by atoms with Crippen molar-refractivity contribution in [3.05, 3.63) is 52.7 Å². The van der Waals surface area contributed by atoms with Crippen molar-refractivity contribution in [3.8, 4) is 0 Å². The molecule has 1 saturated heterocycles. The van der Waals surface area contributed by atoms with Gasteiger partial charge < -0.3 is 21.3 Å². The largest absolute Gasteiger partial charge is 0.366 e. The Kier molecular flexibility index (Phi) is 8.13. The lowest BCUT2D eigenvalue weighted by molar-refractivity contribution is -0.126. The van der Waals surface area contributed by atoms with Crippen LogP contribution in [0.5, 0.6) is 0 Å². The maximum absolute atomic E-state index is 13.6. The zero-order chi connectivity index (χ0) is 22.2. The summed E-state index contributed by atoms with van der Waals surface area (Å²) in [4.78, 5) is 38.1. The third-order valence-corrected chi connectivity index (χ3v) is 6.28. The summed E-state index contributed by atoms with van der Waals surface area (Å²) in [6.07, 6.45) is 2.22. The summed E-state index contributed by atoms with van der Waals surface area (Å²) >= 11 is 1.27. The monoisotopic (exact) mass is 446 g/mol. The topological polar surface area (TPSA) is 105 Å². The van der Waals surface area contributed by atoms with Crippen LogP contribution in [0.3, 0.4) is 0 Å². The van der Waals surface area contributed by atoms with E-state index in [0.717, 1.165) is 25.9 Å². The molecular weight excluding hydrogens is 419 g/mol. The molecule has 31 heavy (non-hydrogen) atoms. The zero-order valence-corrected chi connectivity index (χ0v) is 18.1. The molecule has 0 saturated carbocycles. The summed E-state index contributed by atoms with van der Waals surface area (Å²) in [7, 11) is 0. The van der Waals surface area contributed by atoms with Crippen LogP contribution in [0.2, 0.25) is 0 Å². The average Bonchev–Trinajstić information content (AvgIpc) is 3.22. The summed E-state index contributed by atoms with van der Waals surface area (Å²) < 4.78 is 13.6. The van der Waals surface area contributed by atoms with Crippen LogP contribution in [0.15, 0.2) is 35.7 Å². The zero-order valence-electron chi connectivity index (χ0n) is 17.2. The average molecular weight is 447 g/mol. The molecule has 2 aromatic rings. The van der Waals surface area contributed by atoms with Gasteiger partial charge in [-0.05, 0) is 55.4 Å². The van der Waals surface area contributed by atoms with Gasteiger partial charge in [0.2, 0.25) is 11.8 Å². The van der Waals surface area contributed by atoms with Gasteiger partial charge in [-0.2, -0.15) is 0 Å². The second kappa shape index (κ2) is 11.0. The van der Waals surface area contributed by atoms with E-state index in [9.17, 15) is 18.8 Å². The Morgan fingerprint density at radius 2 is 1.90 bits per heavy atom. The summed E-state index contributed by atoms with van der Waals surface area (Å²) in [5, 5.41) is 7.83. The number of carbonyl (C=O) groups is 3. The molecule has 9 heteroatoms. The van der Waals surface area contributed by atoms with Crippen molar-refractivity contribution in [2.45, 2.75) is 25.7 Å². The van der Waals surface area contributed by atoms with E-state index in [2.05, 4.69) is 15.5 Å². The van der Waals surface area contributed by atoms with Crippen LogP contribution in [0.4, 0.5) is 9.39 Å². The van der Waals surface area contributed by atoms with Gasteiger partial charge in [0.1, 0.15) is 10.8 Å². The van der Waals surface area contributed by atoms with Gasteiger partial charge in [-0.3, -0.25) is 14.4 Å². The first-order valence-electron chi connectivity index (χ1n) is 10.3. The standard InChI is InChI=1S/C22H27FN4O3S/c23-18-4-2-1-3-15(18)5-10-25-21(30)16-6-11-27(12-7-16)13-8-19(28)26-22-17(20(24)29)9-14-31-22/h1-4,9,14,16H,5-8,10-13H2,(H2,24,29)(H,25,30)(H,26,28). The van der Waals surface area contributed by atoms with Gasteiger partial charge in [0.25, 0.3) is 5.91 Å². The Morgan fingerprint density at radius 3 is 2.61 bits per heavy atom.